The minimum Gasteiger partial charge on any atom is -0.290 e. The maximum absolute atomic E-state index is 13.0. The van der Waals surface area contributed by atoms with Crippen molar-refractivity contribution in [3.05, 3.63) is 23.3 Å². The van der Waals surface area contributed by atoms with Crippen molar-refractivity contribution in [2.45, 2.75) is 68.2 Å². The molecule has 0 unspecified atom stereocenters. The Morgan fingerprint density at radius 1 is 0.643 bits per heavy atom. The predicted molar refractivity (Wildman–Crippen MR) is 129 cm³/mol. The molecule has 1 aliphatic rings. The molecule has 1 rings (SSSR count). The highest BCUT2D eigenvalue weighted by Crippen LogP contribution is 2.45. The maximum atomic E-state index is 13.0. The van der Waals surface area contributed by atoms with E-state index in [0.717, 1.165) is 12.8 Å². The van der Waals surface area contributed by atoms with Crippen LogP contribution < -0.4 is 0 Å². The molecule has 0 aliphatic heterocycles. The van der Waals surface area contributed by atoms with Gasteiger partial charge in [-0.2, -0.15) is 0 Å². The summed E-state index contributed by atoms with van der Waals surface area (Å²) in [5, 5.41) is 0. The van der Waals surface area contributed by atoms with E-state index in [0.29, 0.717) is 11.1 Å². The van der Waals surface area contributed by atoms with Crippen molar-refractivity contribution in [1.82, 2.24) is 0 Å². The molecule has 160 valence electrons. The molecule has 0 fully saturated rings. The highest BCUT2D eigenvalue weighted by molar-refractivity contribution is 7.57. The summed E-state index contributed by atoms with van der Waals surface area (Å²) >= 11 is 0. The average molecular weight is 425 g/mol. The SMILES string of the molecule is CCP(CC)CCC(C)(C)C1=CC(=O)C(C(C)(C)CCP(CC)CC)=CC1=O. The molecule has 2 nitrogen and oxygen atoms in total. The molecule has 0 bridgehead atoms. The number of hydrogen-bond acceptors (Lipinski definition) is 2. The van der Waals surface area contributed by atoms with Crippen molar-refractivity contribution in [3.63, 3.8) is 0 Å². The zero-order valence-corrected chi connectivity index (χ0v) is 21.3. The highest BCUT2D eigenvalue weighted by Gasteiger charge is 2.36. The Labute approximate surface area is 176 Å². The van der Waals surface area contributed by atoms with Crippen molar-refractivity contribution in [2.24, 2.45) is 10.8 Å². The van der Waals surface area contributed by atoms with Gasteiger partial charge in [-0.1, -0.05) is 55.4 Å². The van der Waals surface area contributed by atoms with Crippen molar-refractivity contribution in [2.75, 3.05) is 37.0 Å². The highest BCUT2D eigenvalue weighted by atomic mass is 31.1. The first kappa shape index (κ1) is 25.7. The summed E-state index contributed by atoms with van der Waals surface area (Å²) in [6.45, 7) is 17.6. The molecular formula is C24H42O2P2. The van der Waals surface area contributed by atoms with Gasteiger partial charge in [0.05, 0.1) is 0 Å². The van der Waals surface area contributed by atoms with Gasteiger partial charge in [0.25, 0.3) is 0 Å². The molecule has 28 heavy (non-hydrogen) atoms. The first-order chi connectivity index (χ1) is 13.0. The molecule has 4 heteroatoms. The lowest BCUT2D eigenvalue weighted by molar-refractivity contribution is -0.116. The van der Waals surface area contributed by atoms with Gasteiger partial charge >= 0.3 is 0 Å². The lowest BCUT2D eigenvalue weighted by Gasteiger charge is -2.33. The van der Waals surface area contributed by atoms with Gasteiger partial charge in [-0.15, -0.1) is 15.8 Å². The van der Waals surface area contributed by atoms with Crippen LogP contribution in [0.5, 0.6) is 0 Å². The van der Waals surface area contributed by atoms with E-state index < -0.39 is 0 Å². The van der Waals surface area contributed by atoms with Crippen LogP contribution in [0, 0.1) is 10.8 Å². The number of ketones is 2. The van der Waals surface area contributed by atoms with Crippen LogP contribution >= 0.6 is 15.8 Å². The van der Waals surface area contributed by atoms with Crippen molar-refractivity contribution in [3.8, 4) is 0 Å². The normalized spacial score (nSPS) is 16.1. The number of carbonyl (C=O) groups is 2. The molecule has 0 N–H and O–H groups in total. The Morgan fingerprint density at radius 3 is 1.18 bits per heavy atom. The van der Waals surface area contributed by atoms with Gasteiger partial charge in [0.15, 0.2) is 11.6 Å². The standard InChI is InChI=1S/C24H42O2P2/c1-9-27(10-2)15-13-23(5,6)19-17-22(26)20(18-21(19)25)24(7,8)14-16-28(11-3)12-4/h17-18H,9-16H2,1-8H3. The van der Waals surface area contributed by atoms with Crippen LogP contribution in [0.2, 0.25) is 0 Å². The smallest absolute Gasteiger partial charge is 0.182 e. The van der Waals surface area contributed by atoms with Gasteiger partial charge in [0.2, 0.25) is 0 Å². The topological polar surface area (TPSA) is 34.1 Å². The van der Waals surface area contributed by atoms with Crippen molar-refractivity contribution >= 4 is 27.4 Å². The van der Waals surface area contributed by atoms with Crippen LogP contribution in [0.3, 0.4) is 0 Å². The van der Waals surface area contributed by atoms with E-state index in [1.54, 1.807) is 12.2 Å². The van der Waals surface area contributed by atoms with Gasteiger partial charge in [0, 0.05) is 11.1 Å². The van der Waals surface area contributed by atoms with E-state index in [2.05, 4.69) is 55.4 Å². The summed E-state index contributed by atoms with van der Waals surface area (Å²) in [5.74, 6) is 0.108. The monoisotopic (exact) mass is 424 g/mol. The summed E-state index contributed by atoms with van der Waals surface area (Å²) in [5.41, 5.74) is 0.956. The summed E-state index contributed by atoms with van der Waals surface area (Å²) in [6.07, 6.45) is 12.6. The van der Waals surface area contributed by atoms with Crippen LogP contribution in [0.15, 0.2) is 23.3 Å². The Bertz CT molecular complexity index is 552. The molecule has 0 aromatic rings. The second kappa shape index (κ2) is 11.2. The number of carbonyl (C=O) groups excluding carboxylic acids is 2. The second-order valence-electron chi connectivity index (χ2n) is 9.17. The molecule has 1 aliphatic carbocycles. The van der Waals surface area contributed by atoms with Crippen LogP contribution in [0.4, 0.5) is 0 Å². The summed E-state index contributed by atoms with van der Waals surface area (Å²) in [4.78, 5) is 26.0. The Hall–Kier alpha value is -0.320. The number of rotatable bonds is 12. The lowest BCUT2D eigenvalue weighted by atomic mass is 9.71. The Balaban J connectivity index is 2.92. The fourth-order valence-corrected chi connectivity index (χ4v) is 7.75. The van der Waals surface area contributed by atoms with Crippen LogP contribution in [-0.2, 0) is 9.59 Å². The average Bonchev–Trinajstić information content (AvgIpc) is 2.64. The lowest BCUT2D eigenvalue weighted by Crippen LogP contribution is -2.30. The minimum atomic E-state index is -0.234. The van der Waals surface area contributed by atoms with Crippen molar-refractivity contribution < 1.29 is 9.59 Å². The summed E-state index contributed by atoms with van der Waals surface area (Å²) in [6, 6.07) is 0. The molecule has 0 saturated heterocycles. The quantitative estimate of drug-likeness (QED) is 0.253. The third kappa shape index (κ3) is 6.88. The van der Waals surface area contributed by atoms with E-state index in [4.69, 9.17) is 0 Å². The fraction of sp³-hybridized carbons (Fsp3) is 0.750. The van der Waals surface area contributed by atoms with E-state index in [1.165, 1.54) is 37.0 Å². The molecule has 0 heterocycles. The van der Waals surface area contributed by atoms with Crippen LogP contribution in [-0.4, -0.2) is 48.5 Å². The Kier molecular flexibility index (Phi) is 10.3. The Morgan fingerprint density at radius 2 is 0.929 bits per heavy atom. The zero-order valence-electron chi connectivity index (χ0n) is 19.5. The van der Waals surface area contributed by atoms with Crippen molar-refractivity contribution in [1.29, 1.82) is 0 Å². The zero-order chi connectivity index (χ0) is 21.5. The second-order valence-corrected chi connectivity index (χ2v) is 15.3. The molecule has 0 amide bonds. The molecule has 0 aromatic carbocycles. The molecular weight excluding hydrogens is 382 g/mol. The summed E-state index contributed by atoms with van der Waals surface area (Å²) in [7, 11) is 0.108. The first-order valence-electron chi connectivity index (χ1n) is 11.0. The molecule has 0 radical (unpaired) electrons. The first-order valence-corrected chi connectivity index (χ1v) is 14.8. The van der Waals surface area contributed by atoms with Gasteiger partial charge < -0.3 is 0 Å². The van der Waals surface area contributed by atoms with E-state index in [1.807, 2.05) is 0 Å². The molecule has 0 atom stereocenters. The fourth-order valence-electron chi connectivity index (χ4n) is 3.84. The largest absolute Gasteiger partial charge is 0.290 e. The predicted octanol–water partition coefficient (Wildman–Crippen LogP) is 6.87. The maximum Gasteiger partial charge on any atom is 0.182 e. The van der Waals surface area contributed by atoms with Gasteiger partial charge in [-0.25, -0.2) is 0 Å². The van der Waals surface area contributed by atoms with Gasteiger partial charge in [-0.3, -0.25) is 9.59 Å². The van der Waals surface area contributed by atoms with Gasteiger partial charge in [0.1, 0.15) is 0 Å². The number of hydrogen-bond donors (Lipinski definition) is 0. The number of allylic oxidation sites excluding steroid dienone is 4. The third-order valence-electron chi connectivity index (χ3n) is 6.43. The molecule has 0 saturated carbocycles. The van der Waals surface area contributed by atoms with Crippen LogP contribution in [0.1, 0.15) is 68.2 Å². The third-order valence-corrected chi connectivity index (χ3v) is 11.7. The minimum absolute atomic E-state index is 0.0539. The van der Waals surface area contributed by atoms with Crippen LogP contribution in [0.25, 0.3) is 0 Å². The summed E-state index contributed by atoms with van der Waals surface area (Å²) < 4.78 is 0. The van der Waals surface area contributed by atoms with E-state index >= 15 is 0 Å². The van der Waals surface area contributed by atoms with E-state index in [-0.39, 0.29) is 38.2 Å². The molecule has 0 spiro atoms. The van der Waals surface area contributed by atoms with E-state index in [9.17, 15) is 9.59 Å². The molecule has 0 aromatic heterocycles. The van der Waals surface area contributed by atoms with Gasteiger partial charge in [-0.05, 0) is 72.8 Å².